The summed E-state index contributed by atoms with van der Waals surface area (Å²) in [4.78, 5) is 19.1. The minimum absolute atomic E-state index is 0.0700. The summed E-state index contributed by atoms with van der Waals surface area (Å²) in [6.07, 6.45) is 3.46. The molecular formula is C11H20O4. The van der Waals surface area contributed by atoms with Crippen LogP contribution in [0.5, 0.6) is 0 Å². The quantitative estimate of drug-likeness (QED) is 0.294. The maximum absolute atomic E-state index is 10.3. The van der Waals surface area contributed by atoms with Crippen LogP contribution >= 0.6 is 0 Å². The van der Waals surface area contributed by atoms with Crippen molar-refractivity contribution in [3.05, 3.63) is 12.7 Å². The van der Waals surface area contributed by atoms with Gasteiger partial charge in [0.2, 0.25) is 0 Å². The molecule has 0 spiro atoms. The molecular weight excluding hydrogens is 196 g/mol. The van der Waals surface area contributed by atoms with E-state index in [-0.39, 0.29) is 12.1 Å². The first-order valence-electron chi connectivity index (χ1n) is 4.89. The van der Waals surface area contributed by atoms with Crippen molar-refractivity contribution in [2.24, 2.45) is 0 Å². The van der Waals surface area contributed by atoms with Crippen LogP contribution in [0.4, 0.5) is 0 Å². The Labute approximate surface area is 91.3 Å². The molecule has 0 N–H and O–H groups in total. The Morgan fingerprint density at radius 3 is 2.33 bits per heavy atom. The molecule has 0 heterocycles. The second-order valence-electron chi connectivity index (χ2n) is 2.63. The molecule has 0 saturated carbocycles. The van der Waals surface area contributed by atoms with Crippen molar-refractivity contribution in [3.8, 4) is 0 Å². The molecule has 0 amide bonds. The van der Waals surface area contributed by atoms with Gasteiger partial charge in [0.05, 0.1) is 12.7 Å². The third kappa shape index (κ3) is 15.6. The maximum Gasteiger partial charge on any atom is 0.302 e. The van der Waals surface area contributed by atoms with Crippen molar-refractivity contribution in [2.45, 2.75) is 33.3 Å². The maximum atomic E-state index is 10.3. The van der Waals surface area contributed by atoms with E-state index in [9.17, 15) is 4.79 Å². The van der Waals surface area contributed by atoms with Crippen molar-refractivity contribution in [3.63, 3.8) is 0 Å². The van der Waals surface area contributed by atoms with E-state index in [1.165, 1.54) is 13.8 Å². The lowest BCUT2D eigenvalue weighted by Crippen LogP contribution is -2.14. The van der Waals surface area contributed by atoms with Crippen molar-refractivity contribution in [2.75, 3.05) is 13.2 Å². The fourth-order valence-electron chi connectivity index (χ4n) is 0.737. The number of hydrogen-bond donors (Lipinski definition) is 0. The van der Waals surface area contributed by atoms with E-state index in [1.807, 2.05) is 6.92 Å². The van der Waals surface area contributed by atoms with Crippen LogP contribution in [-0.4, -0.2) is 31.6 Å². The van der Waals surface area contributed by atoms with Gasteiger partial charge >= 0.3 is 5.97 Å². The van der Waals surface area contributed by atoms with E-state index < -0.39 is 0 Å². The van der Waals surface area contributed by atoms with Gasteiger partial charge in [0.1, 0.15) is 12.9 Å². The third-order valence-corrected chi connectivity index (χ3v) is 1.39. The molecule has 88 valence electrons. The molecule has 0 aromatic heterocycles. The Balaban J connectivity index is 0. The highest BCUT2D eigenvalue weighted by Crippen LogP contribution is 1.97. The standard InChI is InChI=1S/C9H16O3.C2H4O/c1-4-9(5-2)12-7-6-11-8(3)10;1-2-3/h4,9H,1,5-7H2,2-3H3;2H,1H3. The monoisotopic (exact) mass is 216 g/mol. The summed E-state index contributed by atoms with van der Waals surface area (Å²) < 4.78 is 9.98. The average Bonchev–Trinajstić information content (AvgIpc) is 2.19. The highest BCUT2D eigenvalue weighted by atomic mass is 16.6. The van der Waals surface area contributed by atoms with Crippen molar-refractivity contribution in [1.82, 2.24) is 0 Å². The summed E-state index contributed by atoms with van der Waals surface area (Å²) in [7, 11) is 0. The topological polar surface area (TPSA) is 52.6 Å². The Kier molecular flexibility index (Phi) is 13.9. The molecule has 0 aliphatic heterocycles. The molecule has 0 aliphatic carbocycles. The fraction of sp³-hybridized carbons (Fsp3) is 0.636. The van der Waals surface area contributed by atoms with Gasteiger partial charge in [0.15, 0.2) is 0 Å². The molecule has 4 nitrogen and oxygen atoms in total. The van der Waals surface area contributed by atoms with Crippen molar-refractivity contribution < 1.29 is 19.1 Å². The van der Waals surface area contributed by atoms with Crippen LogP contribution in [0.2, 0.25) is 0 Å². The zero-order valence-electron chi connectivity index (χ0n) is 9.69. The summed E-state index contributed by atoms with van der Waals surface area (Å²) in [6, 6.07) is 0. The lowest BCUT2D eigenvalue weighted by atomic mass is 10.3. The largest absolute Gasteiger partial charge is 0.463 e. The van der Waals surface area contributed by atoms with Crippen LogP contribution < -0.4 is 0 Å². The molecule has 15 heavy (non-hydrogen) atoms. The zero-order chi connectivity index (χ0) is 12.1. The molecule has 4 heteroatoms. The second kappa shape index (κ2) is 12.8. The van der Waals surface area contributed by atoms with Crippen LogP contribution in [-0.2, 0) is 19.1 Å². The normalized spacial score (nSPS) is 10.6. The summed E-state index contributed by atoms with van der Waals surface area (Å²) in [5.74, 6) is -0.273. The highest BCUT2D eigenvalue weighted by Gasteiger charge is 2.00. The number of rotatable bonds is 6. The van der Waals surface area contributed by atoms with Crippen LogP contribution in [0.15, 0.2) is 12.7 Å². The van der Waals surface area contributed by atoms with Gasteiger partial charge in [0.25, 0.3) is 0 Å². The summed E-state index contributed by atoms with van der Waals surface area (Å²) in [5, 5.41) is 0. The minimum atomic E-state index is -0.273. The van der Waals surface area contributed by atoms with E-state index in [0.29, 0.717) is 13.2 Å². The Bertz CT molecular complexity index is 177. The Morgan fingerprint density at radius 2 is 2.00 bits per heavy atom. The number of ether oxygens (including phenoxy) is 2. The number of carbonyl (C=O) groups is 2. The molecule has 0 aromatic rings. The molecule has 0 aromatic carbocycles. The van der Waals surface area contributed by atoms with Gasteiger partial charge in [-0.1, -0.05) is 13.0 Å². The van der Waals surface area contributed by atoms with Crippen LogP contribution in [0.1, 0.15) is 27.2 Å². The molecule has 0 rings (SSSR count). The zero-order valence-corrected chi connectivity index (χ0v) is 9.69. The molecule has 0 saturated heterocycles. The van der Waals surface area contributed by atoms with Gasteiger partial charge in [-0.2, -0.15) is 0 Å². The average molecular weight is 216 g/mol. The molecule has 0 aliphatic rings. The van der Waals surface area contributed by atoms with Crippen molar-refractivity contribution in [1.29, 1.82) is 0 Å². The molecule has 1 atom stereocenters. The first-order chi connectivity index (χ1) is 7.12. The third-order valence-electron chi connectivity index (χ3n) is 1.39. The van der Waals surface area contributed by atoms with E-state index in [2.05, 4.69) is 11.3 Å². The van der Waals surface area contributed by atoms with Gasteiger partial charge in [-0.05, 0) is 13.3 Å². The van der Waals surface area contributed by atoms with Gasteiger partial charge in [-0.25, -0.2) is 0 Å². The van der Waals surface area contributed by atoms with E-state index >= 15 is 0 Å². The lowest BCUT2D eigenvalue weighted by Gasteiger charge is -2.10. The predicted octanol–water partition coefficient (Wildman–Crippen LogP) is 1.74. The van der Waals surface area contributed by atoms with Crippen LogP contribution in [0, 0.1) is 0 Å². The van der Waals surface area contributed by atoms with Crippen LogP contribution in [0.3, 0.4) is 0 Å². The predicted molar refractivity (Wildman–Crippen MR) is 58.6 cm³/mol. The van der Waals surface area contributed by atoms with Crippen LogP contribution in [0.25, 0.3) is 0 Å². The number of carbonyl (C=O) groups excluding carboxylic acids is 2. The molecule has 0 radical (unpaired) electrons. The fourth-order valence-corrected chi connectivity index (χ4v) is 0.737. The van der Waals surface area contributed by atoms with Gasteiger partial charge in [-0.15, -0.1) is 6.58 Å². The first-order valence-corrected chi connectivity index (χ1v) is 4.89. The first kappa shape index (κ1) is 16.3. The number of hydrogen-bond acceptors (Lipinski definition) is 4. The molecule has 0 fully saturated rings. The Hall–Kier alpha value is -1.16. The summed E-state index contributed by atoms with van der Waals surface area (Å²) >= 11 is 0. The SMILES string of the molecule is C=CC(CC)OCCOC(C)=O.CC=O. The Morgan fingerprint density at radius 1 is 1.47 bits per heavy atom. The number of esters is 1. The summed E-state index contributed by atoms with van der Waals surface area (Å²) in [6.45, 7) is 9.20. The number of aldehydes is 1. The van der Waals surface area contributed by atoms with Gasteiger partial charge in [-0.3, -0.25) is 4.79 Å². The second-order valence-corrected chi connectivity index (χ2v) is 2.63. The van der Waals surface area contributed by atoms with E-state index in [4.69, 9.17) is 9.53 Å². The van der Waals surface area contributed by atoms with E-state index in [0.717, 1.165) is 12.7 Å². The highest BCUT2D eigenvalue weighted by molar-refractivity contribution is 5.65. The molecule has 0 bridgehead atoms. The minimum Gasteiger partial charge on any atom is -0.463 e. The van der Waals surface area contributed by atoms with Crippen molar-refractivity contribution >= 4 is 12.3 Å². The van der Waals surface area contributed by atoms with Gasteiger partial charge in [0, 0.05) is 6.92 Å². The van der Waals surface area contributed by atoms with Gasteiger partial charge < -0.3 is 14.3 Å². The molecule has 1 unspecified atom stereocenters. The summed E-state index contributed by atoms with van der Waals surface area (Å²) in [5.41, 5.74) is 0. The smallest absolute Gasteiger partial charge is 0.302 e. The van der Waals surface area contributed by atoms with E-state index in [1.54, 1.807) is 6.08 Å². The lowest BCUT2D eigenvalue weighted by molar-refractivity contribution is -0.142.